The molecule has 11 heteroatoms. The zero-order valence-electron chi connectivity index (χ0n) is 22.0. The number of anilines is 3. The van der Waals surface area contributed by atoms with Gasteiger partial charge in [0.1, 0.15) is 17.8 Å². The van der Waals surface area contributed by atoms with Gasteiger partial charge in [-0.25, -0.2) is 14.8 Å². The minimum Gasteiger partial charge on any atom is -0.465 e. The second-order valence-corrected chi connectivity index (χ2v) is 10.3. The predicted octanol–water partition coefficient (Wildman–Crippen LogP) is 3.32. The van der Waals surface area contributed by atoms with E-state index < -0.39 is 12.3 Å². The molecule has 11 nitrogen and oxygen atoms in total. The summed E-state index contributed by atoms with van der Waals surface area (Å²) in [4.78, 5) is 35.7. The fraction of sp³-hybridized carbons (Fsp3) is 0.357. The normalized spacial score (nSPS) is 18.1. The molecule has 204 valence electrons. The lowest BCUT2D eigenvalue weighted by atomic mass is 9.78. The van der Waals surface area contributed by atoms with Crippen molar-refractivity contribution in [3.8, 4) is 0 Å². The van der Waals surface area contributed by atoms with Crippen molar-refractivity contribution in [1.82, 2.24) is 20.6 Å². The number of rotatable bonds is 7. The number of nitrogens with one attached hydrogen (secondary N) is 4. The Morgan fingerprint density at radius 3 is 2.74 bits per heavy atom. The summed E-state index contributed by atoms with van der Waals surface area (Å²) in [5.41, 5.74) is 3.60. The molecule has 2 aromatic heterocycles. The van der Waals surface area contributed by atoms with E-state index in [1.807, 2.05) is 30.3 Å². The molecular weight excluding hydrogens is 498 g/mol. The number of hydrogen-bond donors (Lipinski definition) is 5. The largest absolute Gasteiger partial charge is 0.465 e. The molecule has 4 heterocycles. The predicted molar refractivity (Wildman–Crippen MR) is 148 cm³/mol. The zero-order valence-corrected chi connectivity index (χ0v) is 22.0. The highest BCUT2D eigenvalue weighted by molar-refractivity contribution is 6.07. The lowest BCUT2D eigenvalue weighted by Gasteiger charge is -2.38. The van der Waals surface area contributed by atoms with Gasteiger partial charge in [0.25, 0.3) is 5.91 Å². The van der Waals surface area contributed by atoms with Crippen LogP contribution in [0.5, 0.6) is 0 Å². The molecule has 39 heavy (non-hydrogen) atoms. The van der Waals surface area contributed by atoms with Gasteiger partial charge in [-0.1, -0.05) is 19.9 Å². The van der Waals surface area contributed by atoms with Gasteiger partial charge in [0.05, 0.1) is 18.8 Å². The second-order valence-electron chi connectivity index (χ2n) is 10.3. The third-order valence-corrected chi connectivity index (χ3v) is 7.02. The first-order valence-electron chi connectivity index (χ1n) is 13.0. The van der Waals surface area contributed by atoms with Crippen LogP contribution in [0.1, 0.15) is 47.1 Å². The molecule has 1 fully saturated rings. The highest BCUT2D eigenvalue weighted by atomic mass is 16.5. The molecule has 2 aliphatic rings. The first-order valence-corrected chi connectivity index (χ1v) is 13.0. The number of amides is 2. The summed E-state index contributed by atoms with van der Waals surface area (Å²) in [7, 11) is 0. The van der Waals surface area contributed by atoms with Crippen molar-refractivity contribution < 1.29 is 19.4 Å². The highest BCUT2D eigenvalue weighted by Crippen LogP contribution is 2.35. The molecule has 5 N–H and O–H groups in total. The van der Waals surface area contributed by atoms with Gasteiger partial charge < -0.3 is 30.7 Å². The van der Waals surface area contributed by atoms with Crippen LogP contribution in [0.2, 0.25) is 0 Å². The SMILES string of the molecule is CC1(C)CNC(NC(=O)O)c2cc(NC(=O)c3cccnc3NCc3ccnc(N4CCOCC4)c3)ccc21. The van der Waals surface area contributed by atoms with E-state index in [4.69, 9.17) is 4.74 Å². The molecule has 1 atom stereocenters. The smallest absolute Gasteiger partial charge is 0.406 e. The topological polar surface area (TPSA) is 141 Å². The summed E-state index contributed by atoms with van der Waals surface area (Å²) in [6.45, 7) is 8.25. The summed E-state index contributed by atoms with van der Waals surface area (Å²) in [6, 6.07) is 13.0. The van der Waals surface area contributed by atoms with Gasteiger partial charge >= 0.3 is 6.09 Å². The van der Waals surface area contributed by atoms with Crippen molar-refractivity contribution in [3.63, 3.8) is 0 Å². The molecular formula is C28H33N7O4. The molecule has 0 radical (unpaired) electrons. The Morgan fingerprint density at radius 1 is 1.13 bits per heavy atom. The number of ether oxygens (including phenoxy) is 1. The molecule has 1 unspecified atom stereocenters. The second kappa shape index (κ2) is 11.3. The van der Waals surface area contributed by atoms with E-state index in [0.29, 0.717) is 43.4 Å². The molecule has 2 aliphatic heterocycles. The summed E-state index contributed by atoms with van der Waals surface area (Å²) in [6.07, 6.45) is 1.73. The highest BCUT2D eigenvalue weighted by Gasteiger charge is 2.33. The number of morpholine rings is 1. The Labute approximate surface area is 227 Å². The van der Waals surface area contributed by atoms with Gasteiger partial charge in [0, 0.05) is 49.7 Å². The first-order chi connectivity index (χ1) is 18.8. The van der Waals surface area contributed by atoms with Crippen molar-refractivity contribution >= 4 is 29.3 Å². The summed E-state index contributed by atoms with van der Waals surface area (Å²) in [5, 5.41) is 21.3. The average Bonchev–Trinajstić information content (AvgIpc) is 2.94. The van der Waals surface area contributed by atoms with Crippen molar-refractivity contribution in [2.45, 2.75) is 32.0 Å². The molecule has 2 amide bonds. The third kappa shape index (κ3) is 6.10. The Kier molecular flexibility index (Phi) is 7.62. The molecule has 0 spiro atoms. The fourth-order valence-electron chi connectivity index (χ4n) is 4.96. The maximum Gasteiger partial charge on any atom is 0.406 e. The van der Waals surface area contributed by atoms with Crippen LogP contribution in [-0.4, -0.2) is 59.9 Å². The van der Waals surface area contributed by atoms with Crippen LogP contribution >= 0.6 is 0 Å². The van der Waals surface area contributed by atoms with E-state index in [-0.39, 0.29) is 11.3 Å². The van der Waals surface area contributed by atoms with E-state index in [2.05, 4.69) is 50.0 Å². The van der Waals surface area contributed by atoms with Crippen molar-refractivity contribution in [1.29, 1.82) is 0 Å². The standard InChI is InChI=1S/C28H33N7O4/c1-28(2)17-32-25(34-27(37)38)21-15-19(5-6-22(21)28)33-26(36)20-4-3-8-30-24(20)31-16-18-7-9-29-23(14-18)35-10-12-39-13-11-35/h3-9,14-15,25,32,34H,10-13,16-17H2,1-2H3,(H,30,31)(H,33,36)(H,37,38). The van der Waals surface area contributed by atoms with Gasteiger partial charge in [-0.2, -0.15) is 0 Å². The monoisotopic (exact) mass is 531 g/mol. The van der Waals surface area contributed by atoms with E-state index in [1.165, 1.54) is 0 Å². The zero-order chi connectivity index (χ0) is 27.4. The molecule has 0 bridgehead atoms. The maximum atomic E-state index is 13.3. The number of fused-ring (bicyclic) bond motifs is 1. The summed E-state index contributed by atoms with van der Waals surface area (Å²) in [5.74, 6) is 1.04. The Bertz CT molecular complexity index is 1360. The number of nitrogens with zero attached hydrogens (tertiary/aromatic N) is 3. The number of hydrogen-bond acceptors (Lipinski definition) is 8. The van der Waals surface area contributed by atoms with E-state index >= 15 is 0 Å². The van der Waals surface area contributed by atoms with Gasteiger partial charge in [0.15, 0.2) is 0 Å². The van der Waals surface area contributed by atoms with Crippen LogP contribution in [0, 0.1) is 0 Å². The molecule has 1 aromatic carbocycles. The first kappa shape index (κ1) is 26.4. The summed E-state index contributed by atoms with van der Waals surface area (Å²) < 4.78 is 5.43. The van der Waals surface area contributed by atoms with Crippen molar-refractivity contribution in [2.75, 3.05) is 48.4 Å². The fourth-order valence-corrected chi connectivity index (χ4v) is 4.96. The minimum atomic E-state index is -1.12. The maximum absolute atomic E-state index is 13.3. The van der Waals surface area contributed by atoms with Crippen LogP contribution in [-0.2, 0) is 16.7 Å². The van der Waals surface area contributed by atoms with E-state index in [1.54, 1.807) is 24.5 Å². The third-order valence-electron chi connectivity index (χ3n) is 7.02. The van der Waals surface area contributed by atoms with Crippen LogP contribution in [0.25, 0.3) is 0 Å². The van der Waals surface area contributed by atoms with Crippen LogP contribution in [0.15, 0.2) is 54.9 Å². The average molecular weight is 532 g/mol. The number of carboxylic acid groups (broad SMARTS) is 1. The minimum absolute atomic E-state index is 0.191. The Balaban J connectivity index is 1.31. The van der Waals surface area contributed by atoms with Gasteiger partial charge in [-0.15, -0.1) is 0 Å². The molecule has 3 aromatic rings. The molecule has 1 saturated heterocycles. The van der Waals surface area contributed by atoms with Crippen molar-refractivity contribution in [3.05, 3.63) is 77.1 Å². The summed E-state index contributed by atoms with van der Waals surface area (Å²) >= 11 is 0. The van der Waals surface area contributed by atoms with Gasteiger partial charge in [-0.05, 0) is 53.1 Å². The Morgan fingerprint density at radius 2 is 1.95 bits per heavy atom. The molecule has 0 saturated carbocycles. The molecule has 0 aliphatic carbocycles. The lowest BCUT2D eigenvalue weighted by Crippen LogP contribution is -2.48. The van der Waals surface area contributed by atoms with Gasteiger partial charge in [-0.3, -0.25) is 10.1 Å². The number of pyridine rings is 2. The quantitative estimate of drug-likeness (QED) is 0.310. The van der Waals surface area contributed by atoms with Crippen LogP contribution in [0.4, 0.5) is 22.1 Å². The number of carbonyl (C=O) groups is 2. The number of carbonyl (C=O) groups excluding carboxylic acids is 1. The molecule has 5 rings (SSSR count). The van der Waals surface area contributed by atoms with E-state index in [0.717, 1.165) is 35.6 Å². The van der Waals surface area contributed by atoms with Gasteiger partial charge in [0.2, 0.25) is 0 Å². The van der Waals surface area contributed by atoms with Crippen LogP contribution in [0.3, 0.4) is 0 Å². The van der Waals surface area contributed by atoms with E-state index in [9.17, 15) is 14.7 Å². The van der Waals surface area contributed by atoms with Crippen molar-refractivity contribution in [2.24, 2.45) is 0 Å². The number of benzene rings is 1. The van der Waals surface area contributed by atoms with Crippen LogP contribution < -0.4 is 26.2 Å². The Hall–Kier alpha value is -4.22. The number of aromatic nitrogens is 2. The lowest BCUT2D eigenvalue weighted by molar-refractivity contribution is 0.102.